The van der Waals surface area contributed by atoms with Gasteiger partial charge in [-0.25, -0.2) is 10.5 Å². The highest BCUT2D eigenvalue weighted by atomic mass is 32.1. The maximum atomic E-state index is 10.6. The maximum absolute atomic E-state index is 10.6. The Morgan fingerprint density at radius 3 is 3.07 bits per heavy atom. The molecule has 5 heteroatoms. The fourth-order valence-electron chi connectivity index (χ4n) is 1.18. The number of fused-ring (bicyclic) bond motifs is 1. The van der Waals surface area contributed by atoms with Gasteiger partial charge in [-0.3, -0.25) is 9.63 Å². The average molecular weight is 222 g/mol. The first-order chi connectivity index (χ1) is 7.25. The van der Waals surface area contributed by atoms with Crippen molar-refractivity contribution in [3.8, 4) is 0 Å². The molecule has 1 heterocycles. The second-order valence-corrected chi connectivity index (χ2v) is 4.14. The van der Waals surface area contributed by atoms with Crippen LogP contribution in [-0.4, -0.2) is 10.9 Å². The number of hydrogen-bond donors (Lipinski definition) is 1. The van der Waals surface area contributed by atoms with Crippen molar-refractivity contribution in [2.45, 2.75) is 13.5 Å². The van der Waals surface area contributed by atoms with Gasteiger partial charge in [0.15, 0.2) is 0 Å². The number of benzene rings is 1. The summed E-state index contributed by atoms with van der Waals surface area (Å²) in [5, 5.41) is 0.852. The Balaban J connectivity index is 2.05. The van der Waals surface area contributed by atoms with Crippen molar-refractivity contribution in [3.63, 3.8) is 0 Å². The lowest BCUT2D eigenvalue weighted by molar-refractivity contribution is -0.132. The number of amides is 1. The molecule has 0 spiro atoms. The number of para-hydroxylation sites is 1. The molecule has 0 radical (unpaired) electrons. The van der Waals surface area contributed by atoms with E-state index in [2.05, 4.69) is 10.5 Å². The molecule has 0 aliphatic carbocycles. The quantitative estimate of drug-likeness (QED) is 0.806. The molecular weight excluding hydrogens is 212 g/mol. The molecule has 0 bridgehead atoms. The molecule has 0 atom stereocenters. The van der Waals surface area contributed by atoms with E-state index in [0.717, 1.165) is 15.2 Å². The van der Waals surface area contributed by atoms with E-state index < -0.39 is 0 Å². The van der Waals surface area contributed by atoms with Crippen LogP contribution in [0.2, 0.25) is 0 Å². The zero-order chi connectivity index (χ0) is 10.7. The Hall–Kier alpha value is -1.46. The topological polar surface area (TPSA) is 51.2 Å². The van der Waals surface area contributed by atoms with Crippen molar-refractivity contribution < 1.29 is 9.63 Å². The van der Waals surface area contributed by atoms with Crippen LogP contribution in [0.3, 0.4) is 0 Å². The van der Waals surface area contributed by atoms with Gasteiger partial charge >= 0.3 is 0 Å². The summed E-state index contributed by atoms with van der Waals surface area (Å²) >= 11 is 1.56. The molecule has 1 aromatic heterocycles. The number of carbonyl (C=O) groups excluding carboxylic acids is 1. The summed E-state index contributed by atoms with van der Waals surface area (Å²) < 4.78 is 1.12. The summed E-state index contributed by atoms with van der Waals surface area (Å²) in [7, 11) is 0. The third kappa shape index (κ3) is 2.51. The summed E-state index contributed by atoms with van der Waals surface area (Å²) in [5.41, 5.74) is 3.23. The van der Waals surface area contributed by atoms with Gasteiger partial charge in [0, 0.05) is 6.92 Å². The van der Waals surface area contributed by atoms with E-state index in [4.69, 9.17) is 4.84 Å². The molecule has 1 amide bonds. The first-order valence-electron chi connectivity index (χ1n) is 4.48. The van der Waals surface area contributed by atoms with E-state index in [-0.39, 0.29) is 5.91 Å². The molecule has 0 aliphatic heterocycles. The zero-order valence-corrected chi connectivity index (χ0v) is 9.00. The Morgan fingerprint density at radius 1 is 1.53 bits per heavy atom. The molecule has 15 heavy (non-hydrogen) atoms. The van der Waals surface area contributed by atoms with Crippen LogP contribution in [0.4, 0.5) is 0 Å². The molecule has 0 fully saturated rings. The van der Waals surface area contributed by atoms with E-state index in [1.807, 2.05) is 24.3 Å². The molecule has 0 aliphatic rings. The lowest BCUT2D eigenvalue weighted by Crippen LogP contribution is -2.19. The minimum atomic E-state index is -0.212. The van der Waals surface area contributed by atoms with Gasteiger partial charge in [-0.1, -0.05) is 12.1 Å². The van der Waals surface area contributed by atoms with Gasteiger partial charge in [-0.15, -0.1) is 11.3 Å². The minimum Gasteiger partial charge on any atom is -0.273 e. The van der Waals surface area contributed by atoms with E-state index in [1.165, 1.54) is 6.92 Å². The Labute approximate surface area is 90.8 Å². The summed E-state index contributed by atoms with van der Waals surface area (Å²) in [5.74, 6) is -0.212. The number of thiazole rings is 1. The van der Waals surface area contributed by atoms with Crippen molar-refractivity contribution in [2.75, 3.05) is 0 Å². The molecule has 0 saturated heterocycles. The first-order valence-corrected chi connectivity index (χ1v) is 5.30. The number of hydroxylamine groups is 1. The summed E-state index contributed by atoms with van der Waals surface area (Å²) in [6.45, 7) is 1.71. The van der Waals surface area contributed by atoms with Gasteiger partial charge in [0.1, 0.15) is 11.6 Å². The minimum absolute atomic E-state index is 0.212. The number of carbonyl (C=O) groups is 1. The largest absolute Gasteiger partial charge is 0.273 e. The van der Waals surface area contributed by atoms with Crippen molar-refractivity contribution >= 4 is 27.5 Å². The highest BCUT2D eigenvalue weighted by Gasteiger charge is 2.03. The van der Waals surface area contributed by atoms with E-state index >= 15 is 0 Å². The third-order valence-electron chi connectivity index (χ3n) is 1.75. The van der Waals surface area contributed by atoms with Gasteiger partial charge < -0.3 is 0 Å². The SMILES string of the molecule is CC(=O)NOCc1nc2ccccc2s1. The third-order valence-corrected chi connectivity index (χ3v) is 2.76. The fraction of sp³-hybridized carbons (Fsp3) is 0.200. The summed E-state index contributed by atoms with van der Waals surface area (Å²) in [6, 6.07) is 7.88. The second kappa shape index (κ2) is 4.37. The van der Waals surface area contributed by atoms with Crippen LogP contribution in [-0.2, 0) is 16.2 Å². The first kappa shape index (κ1) is 10.1. The molecule has 2 aromatic rings. The van der Waals surface area contributed by atoms with Crippen LogP contribution in [0.1, 0.15) is 11.9 Å². The highest BCUT2D eigenvalue weighted by molar-refractivity contribution is 7.18. The van der Waals surface area contributed by atoms with E-state index in [1.54, 1.807) is 11.3 Å². The number of aromatic nitrogens is 1. The van der Waals surface area contributed by atoms with Crippen LogP contribution >= 0.6 is 11.3 Å². The van der Waals surface area contributed by atoms with Gasteiger partial charge in [0.2, 0.25) is 5.91 Å². The normalized spacial score (nSPS) is 10.5. The lowest BCUT2D eigenvalue weighted by atomic mass is 10.3. The maximum Gasteiger partial charge on any atom is 0.240 e. The van der Waals surface area contributed by atoms with Gasteiger partial charge in [0.05, 0.1) is 10.2 Å². The van der Waals surface area contributed by atoms with Gasteiger partial charge in [0.25, 0.3) is 0 Å². The lowest BCUT2D eigenvalue weighted by Gasteiger charge is -1.98. The van der Waals surface area contributed by atoms with Crippen molar-refractivity contribution in [1.29, 1.82) is 0 Å². The Kier molecular flexibility index (Phi) is 2.94. The average Bonchev–Trinajstić information content (AvgIpc) is 2.59. The van der Waals surface area contributed by atoms with Crippen molar-refractivity contribution in [3.05, 3.63) is 29.3 Å². The zero-order valence-electron chi connectivity index (χ0n) is 8.19. The van der Waals surface area contributed by atoms with Crippen molar-refractivity contribution in [2.24, 2.45) is 0 Å². The van der Waals surface area contributed by atoms with Crippen LogP contribution in [0, 0.1) is 0 Å². The monoisotopic (exact) mass is 222 g/mol. The molecule has 78 valence electrons. The highest BCUT2D eigenvalue weighted by Crippen LogP contribution is 2.21. The molecular formula is C10H10N2O2S. The van der Waals surface area contributed by atoms with E-state index in [9.17, 15) is 4.79 Å². The summed E-state index contributed by atoms with van der Waals surface area (Å²) in [6.07, 6.45) is 0. The molecule has 0 saturated carbocycles. The van der Waals surface area contributed by atoms with E-state index in [0.29, 0.717) is 6.61 Å². The number of nitrogens with zero attached hydrogens (tertiary/aromatic N) is 1. The molecule has 0 unspecified atom stereocenters. The molecule has 1 N–H and O–H groups in total. The second-order valence-electron chi connectivity index (χ2n) is 3.02. The molecule has 2 rings (SSSR count). The molecule has 4 nitrogen and oxygen atoms in total. The van der Waals surface area contributed by atoms with Crippen LogP contribution in [0.5, 0.6) is 0 Å². The standard InChI is InChI=1S/C10H10N2O2S/c1-7(13)12-14-6-10-11-8-4-2-3-5-9(8)15-10/h2-5H,6H2,1H3,(H,12,13). The van der Waals surface area contributed by atoms with Crippen LogP contribution < -0.4 is 5.48 Å². The Bertz CT molecular complexity index is 448. The Morgan fingerprint density at radius 2 is 2.33 bits per heavy atom. The smallest absolute Gasteiger partial charge is 0.240 e. The number of rotatable bonds is 3. The summed E-state index contributed by atoms with van der Waals surface area (Å²) in [4.78, 5) is 19.9. The van der Waals surface area contributed by atoms with Gasteiger partial charge in [-0.05, 0) is 12.1 Å². The van der Waals surface area contributed by atoms with Gasteiger partial charge in [-0.2, -0.15) is 0 Å². The molecule has 1 aromatic carbocycles. The predicted octanol–water partition coefficient (Wildman–Crippen LogP) is 1.86. The van der Waals surface area contributed by atoms with Crippen LogP contribution in [0.15, 0.2) is 24.3 Å². The number of hydrogen-bond acceptors (Lipinski definition) is 4. The number of nitrogens with one attached hydrogen (secondary N) is 1. The fourth-order valence-corrected chi connectivity index (χ4v) is 2.06. The van der Waals surface area contributed by atoms with Crippen LogP contribution in [0.25, 0.3) is 10.2 Å². The predicted molar refractivity (Wildman–Crippen MR) is 58.2 cm³/mol. The van der Waals surface area contributed by atoms with Crippen molar-refractivity contribution in [1.82, 2.24) is 10.5 Å².